The van der Waals surface area contributed by atoms with E-state index in [-0.39, 0.29) is 6.29 Å². The van der Waals surface area contributed by atoms with Crippen LogP contribution in [0.1, 0.15) is 13.3 Å². The zero-order valence-corrected chi connectivity index (χ0v) is 5.54. The van der Waals surface area contributed by atoms with Crippen molar-refractivity contribution in [2.75, 3.05) is 6.54 Å². The number of hydrogen-bond acceptors (Lipinski definition) is 4. The van der Waals surface area contributed by atoms with E-state index in [4.69, 9.17) is 5.73 Å². The molecule has 0 saturated carbocycles. The Morgan fingerprint density at radius 2 is 2.67 bits per heavy atom. The average molecular weight is 128 g/mol. The molecule has 1 aliphatic rings. The van der Waals surface area contributed by atoms with Gasteiger partial charge in [-0.3, -0.25) is 11.2 Å². The number of nitrogens with zero attached hydrogens (tertiary/aromatic N) is 2. The van der Waals surface area contributed by atoms with Crippen LogP contribution in [0.4, 0.5) is 0 Å². The fourth-order valence-corrected chi connectivity index (χ4v) is 0.785. The van der Waals surface area contributed by atoms with Gasteiger partial charge in [-0.1, -0.05) is 6.92 Å². The van der Waals surface area contributed by atoms with Gasteiger partial charge in [0.2, 0.25) is 0 Å². The van der Waals surface area contributed by atoms with Crippen molar-refractivity contribution in [1.29, 1.82) is 0 Å². The monoisotopic (exact) mass is 128 g/mol. The van der Waals surface area contributed by atoms with Crippen LogP contribution in [0.2, 0.25) is 0 Å². The van der Waals surface area contributed by atoms with Crippen molar-refractivity contribution < 1.29 is 0 Å². The highest BCUT2D eigenvalue weighted by molar-refractivity contribution is 5.56. The molecule has 0 aromatic heterocycles. The van der Waals surface area contributed by atoms with Crippen LogP contribution in [0.3, 0.4) is 0 Å². The molecule has 0 bridgehead atoms. The summed E-state index contributed by atoms with van der Waals surface area (Å²) >= 11 is 0. The molecule has 4 nitrogen and oxygen atoms in total. The van der Waals surface area contributed by atoms with Crippen LogP contribution in [0.5, 0.6) is 0 Å². The topological polar surface area (TPSA) is 53.6 Å². The van der Waals surface area contributed by atoms with Crippen LogP contribution >= 0.6 is 0 Å². The molecule has 52 valence electrons. The first-order valence-corrected chi connectivity index (χ1v) is 3.14. The van der Waals surface area contributed by atoms with Crippen LogP contribution in [-0.2, 0) is 0 Å². The molecule has 4 heteroatoms. The third-order valence-corrected chi connectivity index (χ3v) is 1.25. The second kappa shape index (κ2) is 2.68. The van der Waals surface area contributed by atoms with E-state index in [1.807, 2.05) is 4.90 Å². The molecule has 1 heterocycles. The average Bonchev–Trinajstić information content (AvgIpc) is 2.18. The van der Waals surface area contributed by atoms with Gasteiger partial charge in [0.05, 0.1) is 0 Å². The molecule has 0 amide bonds. The number of nitrogens with two attached hydrogens (primary N) is 1. The van der Waals surface area contributed by atoms with Crippen LogP contribution in [0, 0.1) is 0 Å². The van der Waals surface area contributed by atoms with Crippen molar-refractivity contribution in [3.05, 3.63) is 0 Å². The summed E-state index contributed by atoms with van der Waals surface area (Å²) in [6.07, 6.45) is 2.72. The van der Waals surface area contributed by atoms with Gasteiger partial charge in [-0.2, -0.15) is 5.10 Å². The Balaban J connectivity index is 2.31. The predicted octanol–water partition coefficient (Wildman–Crippen LogP) is -0.513. The second-order valence-electron chi connectivity index (χ2n) is 2.06. The lowest BCUT2D eigenvalue weighted by molar-refractivity contribution is 0.313. The Labute approximate surface area is 54.7 Å². The number of hydrazone groups is 1. The molecule has 0 spiro atoms. The summed E-state index contributed by atoms with van der Waals surface area (Å²) in [5.41, 5.74) is 8.28. The van der Waals surface area contributed by atoms with E-state index in [1.165, 1.54) is 0 Å². The molecule has 0 saturated heterocycles. The minimum atomic E-state index is -0.107. The van der Waals surface area contributed by atoms with Gasteiger partial charge in [0.25, 0.3) is 0 Å². The van der Waals surface area contributed by atoms with Crippen molar-refractivity contribution in [3.8, 4) is 0 Å². The van der Waals surface area contributed by atoms with E-state index < -0.39 is 0 Å². The van der Waals surface area contributed by atoms with Gasteiger partial charge in [-0.15, -0.1) is 0 Å². The van der Waals surface area contributed by atoms with E-state index in [0.717, 1.165) is 13.0 Å². The maximum absolute atomic E-state index is 5.55. The van der Waals surface area contributed by atoms with Gasteiger partial charge < -0.3 is 4.90 Å². The van der Waals surface area contributed by atoms with Gasteiger partial charge in [0, 0.05) is 6.54 Å². The van der Waals surface area contributed by atoms with E-state index >= 15 is 0 Å². The standard InChI is InChI=1S/C5H12N4/c1-2-3-9-4-7-8-5(9)6/h4-5,8H,2-3,6H2,1H3. The number of rotatable bonds is 2. The lowest BCUT2D eigenvalue weighted by Gasteiger charge is -2.18. The zero-order chi connectivity index (χ0) is 6.69. The summed E-state index contributed by atoms with van der Waals surface area (Å²) in [6, 6.07) is 0. The SMILES string of the molecule is CCCN1C=NNC1N. The molecule has 0 aliphatic carbocycles. The Hall–Kier alpha value is -0.770. The van der Waals surface area contributed by atoms with Gasteiger partial charge in [-0.05, 0) is 6.42 Å². The lowest BCUT2D eigenvalue weighted by Crippen LogP contribution is -2.44. The zero-order valence-electron chi connectivity index (χ0n) is 5.54. The Morgan fingerprint density at radius 3 is 3.11 bits per heavy atom. The molecule has 1 rings (SSSR count). The summed E-state index contributed by atoms with van der Waals surface area (Å²) in [7, 11) is 0. The van der Waals surface area contributed by atoms with Crippen molar-refractivity contribution in [2.24, 2.45) is 10.8 Å². The smallest absolute Gasteiger partial charge is 0.168 e. The van der Waals surface area contributed by atoms with Crippen molar-refractivity contribution >= 4 is 6.34 Å². The van der Waals surface area contributed by atoms with Gasteiger partial charge in [-0.25, -0.2) is 0 Å². The number of nitrogens with one attached hydrogen (secondary N) is 1. The molecule has 3 N–H and O–H groups in total. The largest absolute Gasteiger partial charge is 0.328 e. The van der Waals surface area contributed by atoms with Crippen LogP contribution < -0.4 is 11.2 Å². The summed E-state index contributed by atoms with van der Waals surface area (Å²) in [6.45, 7) is 3.08. The molecular weight excluding hydrogens is 116 g/mol. The quantitative estimate of drug-likeness (QED) is 0.526. The number of hydrogen-bond donors (Lipinski definition) is 2. The molecular formula is C5H12N4. The molecule has 0 aromatic rings. The summed E-state index contributed by atoms with van der Waals surface area (Å²) in [5, 5.41) is 3.79. The fourth-order valence-electron chi connectivity index (χ4n) is 0.785. The highest BCUT2D eigenvalue weighted by Gasteiger charge is 2.12. The lowest BCUT2D eigenvalue weighted by atomic mass is 10.4. The maximum Gasteiger partial charge on any atom is 0.168 e. The minimum Gasteiger partial charge on any atom is -0.328 e. The fraction of sp³-hybridized carbons (Fsp3) is 0.800. The Morgan fingerprint density at radius 1 is 1.89 bits per heavy atom. The summed E-state index contributed by atoms with van der Waals surface area (Å²) < 4.78 is 0. The second-order valence-corrected chi connectivity index (χ2v) is 2.06. The van der Waals surface area contributed by atoms with Crippen molar-refractivity contribution in [2.45, 2.75) is 19.6 Å². The third-order valence-electron chi connectivity index (χ3n) is 1.25. The molecule has 1 atom stereocenters. The van der Waals surface area contributed by atoms with Crippen LogP contribution in [0.15, 0.2) is 5.10 Å². The third kappa shape index (κ3) is 1.32. The molecule has 9 heavy (non-hydrogen) atoms. The van der Waals surface area contributed by atoms with Gasteiger partial charge in [0.15, 0.2) is 6.29 Å². The Kier molecular flexibility index (Phi) is 1.89. The predicted molar refractivity (Wildman–Crippen MR) is 36.6 cm³/mol. The molecule has 0 fully saturated rings. The van der Waals surface area contributed by atoms with E-state index in [1.54, 1.807) is 6.34 Å². The van der Waals surface area contributed by atoms with E-state index in [0.29, 0.717) is 0 Å². The van der Waals surface area contributed by atoms with Crippen molar-refractivity contribution in [3.63, 3.8) is 0 Å². The highest BCUT2D eigenvalue weighted by atomic mass is 15.5. The minimum absolute atomic E-state index is 0.107. The summed E-state index contributed by atoms with van der Waals surface area (Å²) in [4.78, 5) is 1.96. The highest BCUT2D eigenvalue weighted by Crippen LogP contribution is 1.93. The first-order valence-electron chi connectivity index (χ1n) is 3.14. The van der Waals surface area contributed by atoms with Crippen LogP contribution in [-0.4, -0.2) is 24.1 Å². The van der Waals surface area contributed by atoms with Crippen LogP contribution in [0.25, 0.3) is 0 Å². The maximum atomic E-state index is 5.55. The molecule has 0 aromatic carbocycles. The summed E-state index contributed by atoms with van der Waals surface area (Å²) in [5.74, 6) is 0. The van der Waals surface area contributed by atoms with Crippen molar-refractivity contribution in [1.82, 2.24) is 10.3 Å². The first kappa shape index (κ1) is 6.35. The van der Waals surface area contributed by atoms with Gasteiger partial charge in [0.1, 0.15) is 6.34 Å². The molecule has 1 unspecified atom stereocenters. The van der Waals surface area contributed by atoms with Gasteiger partial charge >= 0.3 is 0 Å². The molecule has 1 aliphatic heterocycles. The van der Waals surface area contributed by atoms with E-state index in [9.17, 15) is 0 Å². The molecule has 0 radical (unpaired) electrons. The Bertz CT molecular complexity index is 112. The van der Waals surface area contributed by atoms with E-state index in [2.05, 4.69) is 17.5 Å². The normalized spacial score (nSPS) is 24.7. The first-order chi connectivity index (χ1) is 4.34.